The molecule has 0 saturated carbocycles. The van der Waals surface area contributed by atoms with E-state index in [1.54, 1.807) is 13.2 Å². The largest absolute Gasteiger partial charge is 0.496 e. The molecule has 6 nitrogen and oxygen atoms in total. The van der Waals surface area contributed by atoms with Crippen LogP contribution in [0.3, 0.4) is 0 Å². The minimum Gasteiger partial charge on any atom is -0.496 e. The van der Waals surface area contributed by atoms with Gasteiger partial charge in [-0.3, -0.25) is 9.59 Å². The maximum Gasteiger partial charge on any atom is 0.252 e. The first-order chi connectivity index (χ1) is 17.0. The molecule has 1 aliphatic heterocycles. The number of amides is 2. The van der Waals surface area contributed by atoms with E-state index >= 15 is 0 Å². The Balaban J connectivity index is 1.42. The molecular weight excluding hydrogens is 458 g/mol. The number of methoxy groups -OCH3 is 1. The van der Waals surface area contributed by atoms with Crippen molar-refractivity contribution >= 4 is 29.3 Å². The third-order valence-electron chi connectivity index (χ3n) is 6.25. The Labute approximate surface area is 211 Å². The SMILES string of the molecule is COc1ccccc1C(CNC(=O)c1ccccc1SCC(=O)N1CCc2ccccc21)N(C)C. The smallest absolute Gasteiger partial charge is 0.252 e. The second-order valence-corrected chi connectivity index (χ2v) is 9.66. The number of thioether (sulfide) groups is 1. The van der Waals surface area contributed by atoms with Crippen molar-refractivity contribution in [1.29, 1.82) is 0 Å². The van der Waals surface area contributed by atoms with Gasteiger partial charge in [-0.15, -0.1) is 11.8 Å². The number of fused-ring (bicyclic) bond motifs is 1. The van der Waals surface area contributed by atoms with Crippen LogP contribution in [-0.4, -0.2) is 56.8 Å². The lowest BCUT2D eigenvalue weighted by Gasteiger charge is -2.26. The van der Waals surface area contributed by atoms with Gasteiger partial charge in [0.1, 0.15) is 5.75 Å². The zero-order valence-electron chi connectivity index (χ0n) is 20.4. The van der Waals surface area contributed by atoms with Crippen LogP contribution in [0.15, 0.2) is 77.7 Å². The molecule has 1 N–H and O–H groups in total. The Bertz CT molecular complexity index is 1200. The number of likely N-dealkylation sites (N-methyl/N-ethyl adjacent to an activating group) is 1. The molecule has 0 aromatic heterocycles. The maximum absolute atomic E-state index is 13.2. The topological polar surface area (TPSA) is 61.9 Å². The monoisotopic (exact) mass is 489 g/mol. The normalized spacial score (nSPS) is 13.4. The predicted molar refractivity (Wildman–Crippen MR) is 141 cm³/mol. The molecule has 3 aromatic rings. The number of nitrogens with one attached hydrogen (secondary N) is 1. The van der Waals surface area contributed by atoms with E-state index in [1.165, 1.54) is 17.3 Å². The van der Waals surface area contributed by atoms with Crippen molar-refractivity contribution in [3.63, 3.8) is 0 Å². The van der Waals surface area contributed by atoms with Crippen LogP contribution in [-0.2, 0) is 11.2 Å². The number of rotatable bonds is 9. The van der Waals surface area contributed by atoms with E-state index < -0.39 is 0 Å². The highest BCUT2D eigenvalue weighted by molar-refractivity contribution is 8.00. The van der Waals surface area contributed by atoms with Crippen LogP contribution in [0, 0.1) is 0 Å². The number of nitrogens with zero attached hydrogens (tertiary/aromatic N) is 2. The average Bonchev–Trinajstić information content (AvgIpc) is 3.32. The summed E-state index contributed by atoms with van der Waals surface area (Å²) in [6, 6.07) is 23.3. The molecule has 0 fully saturated rings. The molecule has 0 bridgehead atoms. The average molecular weight is 490 g/mol. The van der Waals surface area contributed by atoms with Gasteiger partial charge in [-0.1, -0.05) is 48.5 Å². The summed E-state index contributed by atoms with van der Waals surface area (Å²) in [5.74, 6) is 0.964. The van der Waals surface area contributed by atoms with Crippen LogP contribution in [0.25, 0.3) is 0 Å². The fourth-order valence-corrected chi connectivity index (χ4v) is 5.32. The number of hydrogen-bond acceptors (Lipinski definition) is 5. The van der Waals surface area contributed by atoms with E-state index in [0.717, 1.165) is 28.3 Å². The molecule has 0 spiro atoms. The molecule has 1 unspecified atom stereocenters. The number of anilines is 1. The van der Waals surface area contributed by atoms with Gasteiger partial charge in [-0.05, 0) is 50.3 Å². The highest BCUT2D eigenvalue weighted by Gasteiger charge is 2.25. The number of hydrogen-bond donors (Lipinski definition) is 1. The van der Waals surface area contributed by atoms with E-state index in [2.05, 4.69) is 16.3 Å². The molecule has 0 aliphatic carbocycles. The van der Waals surface area contributed by atoms with E-state index in [-0.39, 0.29) is 23.6 Å². The van der Waals surface area contributed by atoms with Crippen molar-refractivity contribution in [2.75, 3.05) is 44.9 Å². The summed E-state index contributed by atoms with van der Waals surface area (Å²) in [7, 11) is 5.62. The molecule has 0 radical (unpaired) electrons. The summed E-state index contributed by atoms with van der Waals surface area (Å²) >= 11 is 1.41. The Kier molecular flexibility index (Phi) is 8.10. The molecule has 4 rings (SSSR count). The maximum atomic E-state index is 13.2. The van der Waals surface area contributed by atoms with Crippen LogP contribution >= 0.6 is 11.8 Å². The van der Waals surface area contributed by atoms with Crippen LogP contribution in [0.1, 0.15) is 27.5 Å². The third kappa shape index (κ3) is 5.69. The number of carbonyl (C=O) groups excluding carboxylic acids is 2. The predicted octanol–water partition coefficient (Wildman–Crippen LogP) is 4.41. The van der Waals surface area contributed by atoms with Gasteiger partial charge in [-0.25, -0.2) is 0 Å². The molecule has 1 heterocycles. The highest BCUT2D eigenvalue weighted by atomic mass is 32.2. The van der Waals surface area contributed by atoms with Gasteiger partial charge in [0.05, 0.1) is 24.5 Å². The molecular formula is C28H31N3O3S. The van der Waals surface area contributed by atoms with Crippen LogP contribution in [0.2, 0.25) is 0 Å². The van der Waals surface area contributed by atoms with E-state index in [9.17, 15) is 9.59 Å². The van der Waals surface area contributed by atoms with Crippen LogP contribution in [0.5, 0.6) is 5.75 Å². The summed E-state index contributed by atoms with van der Waals surface area (Å²) in [6.45, 7) is 1.13. The Morgan fingerprint density at radius 1 is 1.03 bits per heavy atom. The lowest BCUT2D eigenvalue weighted by atomic mass is 10.0. The molecule has 2 amide bonds. The minimum absolute atomic E-state index is 0.0493. The summed E-state index contributed by atoms with van der Waals surface area (Å²) < 4.78 is 5.53. The van der Waals surface area contributed by atoms with Crippen molar-refractivity contribution in [3.05, 3.63) is 89.5 Å². The van der Waals surface area contributed by atoms with Gasteiger partial charge in [-0.2, -0.15) is 0 Å². The second kappa shape index (κ2) is 11.4. The second-order valence-electron chi connectivity index (χ2n) is 8.64. The van der Waals surface area contributed by atoms with Gasteiger partial charge in [0.2, 0.25) is 5.91 Å². The molecule has 3 aromatic carbocycles. The number of benzene rings is 3. The standard InChI is InChI=1S/C28H31N3O3S/c1-30(2)24(21-11-5-8-14-25(21)34-3)18-29-28(33)22-12-6-9-15-26(22)35-19-27(32)31-17-16-20-10-4-7-13-23(20)31/h4-15,24H,16-19H2,1-3H3,(H,29,33). The zero-order valence-corrected chi connectivity index (χ0v) is 21.2. The van der Waals surface area contributed by atoms with E-state index in [1.807, 2.05) is 79.7 Å². The molecule has 0 saturated heterocycles. The summed E-state index contributed by atoms with van der Waals surface area (Å²) in [5.41, 5.74) is 3.79. The number of carbonyl (C=O) groups is 2. The lowest BCUT2D eigenvalue weighted by Crippen LogP contribution is -2.35. The first-order valence-electron chi connectivity index (χ1n) is 11.7. The van der Waals surface area contributed by atoms with E-state index in [0.29, 0.717) is 18.7 Å². The van der Waals surface area contributed by atoms with Gasteiger partial charge < -0.3 is 19.9 Å². The van der Waals surface area contributed by atoms with Crippen LogP contribution in [0.4, 0.5) is 5.69 Å². The molecule has 7 heteroatoms. The first kappa shape index (κ1) is 24.8. The molecule has 182 valence electrons. The Morgan fingerprint density at radius 2 is 1.74 bits per heavy atom. The van der Waals surface area contributed by atoms with Gasteiger partial charge >= 0.3 is 0 Å². The van der Waals surface area contributed by atoms with Crippen molar-refractivity contribution in [2.24, 2.45) is 0 Å². The zero-order chi connectivity index (χ0) is 24.8. The van der Waals surface area contributed by atoms with Gasteiger partial charge in [0.25, 0.3) is 5.91 Å². The third-order valence-corrected chi connectivity index (χ3v) is 7.31. The Morgan fingerprint density at radius 3 is 2.54 bits per heavy atom. The minimum atomic E-state index is -0.159. The number of para-hydroxylation sites is 2. The molecule has 1 atom stereocenters. The quantitative estimate of drug-likeness (QED) is 0.451. The summed E-state index contributed by atoms with van der Waals surface area (Å²) in [4.78, 5) is 30.8. The fourth-order valence-electron chi connectivity index (χ4n) is 4.39. The van der Waals surface area contributed by atoms with Crippen molar-refractivity contribution in [2.45, 2.75) is 17.4 Å². The molecule has 1 aliphatic rings. The van der Waals surface area contributed by atoms with Crippen LogP contribution < -0.4 is 15.0 Å². The summed E-state index contributed by atoms with van der Waals surface area (Å²) in [5, 5.41) is 3.08. The van der Waals surface area contributed by atoms with E-state index in [4.69, 9.17) is 4.74 Å². The molecule has 35 heavy (non-hydrogen) atoms. The number of ether oxygens (including phenoxy) is 1. The highest BCUT2D eigenvalue weighted by Crippen LogP contribution is 2.30. The summed E-state index contributed by atoms with van der Waals surface area (Å²) in [6.07, 6.45) is 0.880. The van der Waals surface area contributed by atoms with Crippen molar-refractivity contribution in [3.8, 4) is 5.75 Å². The first-order valence-corrected chi connectivity index (χ1v) is 12.7. The Hall–Kier alpha value is -3.29. The lowest BCUT2D eigenvalue weighted by molar-refractivity contribution is -0.116. The fraction of sp³-hybridized carbons (Fsp3) is 0.286. The van der Waals surface area contributed by atoms with Crippen molar-refractivity contribution in [1.82, 2.24) is 10.2 Å². The van der Waals surface area contributed by atoms with Crippen molar-refractivity contribution < 1.29 is 14.3 Å². The van der Waals surface area contributed by atoms with Gasteiger partial charge in [0.15, 0.2) is 0 Å². The van der Waals surface area contributed by atoms with Gasteiger partial charge in [0, 0.05) is 29.2 Å².